The number of rotatable bonds is 1. The lowest BCUT2D eigenvalue weighted by Crippen LogP contribution is -2.38. The molecule has 1 aromatic rings. The minimum Gasteiger partial charge on any atom is -0.372 e. The highest BCUT2D eigenvalue weighted by atomic mass is 19.1. The lowest BCUT2D eigenvalue weighted by atomic mass is 9.90. The Bertz CT molecular complexity index is 480. The third kappa shape index (κ3) is 2.58. The van der Waals surface area contributed by atoms with Gasteiger partial charge < -0.3 is 10.1 Å². The van der Waals surface area contributed by atoms with Crippen LogP contribution in [0.15, 0.2) is 24.8 Å². The van der Waals surface area contributed by atoms with E-state index in [1.54, 1.807) is 6.07 Å². The summed E-state index contributed by atoms with van der Waals surface area (Å²) in [6, 6.07) is 5.36. The van der Waals surface area contributed by atoms with Gasteiger partial charge in [-0.25, -0.2) is 4.39 Å². The van der Waals surface area contributed by atoms with Crippen LogP contribution in [0, 0.1) is 5.82 Å². The summed E-state index contributed by atoms with van der Waals surface area (Å²) in [5.41, 5.74) is 3.13. The molecule has 0 unspecified atom stereocenters. The number of fused-ring (bicyclic) bond motifs is 1. The standard InChI is InChI=1S/C16H20FNO/c1-11-14-7-6-13(17)10-12(14)4-3-9-19-16(11)15-5-2-8-18-15/h6-7,10,15-16,18H,1-5,8-9H2/t15-,16+/m1/s1. The van der Waals surface area contributed by atoms with Crippen LogP contribution in [-0.4, -0.2) is 25.3 Å². The molecule has 2 aliphatic heterocycles. The molecule has 102 valence electrons. The molecule has 1 aromatic carbocycles. The molecule has 1 saturated heterocycles. The van der Waals surface area contributed by atoms with Crippen LogP contribution in [0.3, 0.4) is 0 Å². The first kappa shape index (κ1) is 12.8. The van der Waals surface area contributed by atoms with Crippen molar-refractivity contribution in [3.05, 3.63) is 41.7 Å². The molecular formula is C16H20FNO. The molecule has 1 fully saturated rings. The molecule has 0 aliphatic carbocycles. The zero-order chi connectivity index (χ0) is 13.2. The number of hydrogen-bond donors (Lipinski definition) is 1. The summed E-state index contributed by atoms with van der Waals surface area (Å²) >= 11 is 0. The minimum atomic E-state index is -0.163. The maximum Gasteiger partial charge on any atom is 0.123 e. The third-order valence-corrected chi connectivity index (χ3v) is 4.11. The fourth-order valence-electron chi connectivity index (χ4n) is 3.14. The van der Waals surface area contributed by atoms with Gasteiger partial charge in [0, 0.05) is 12.6 Å². The summed E-state index contributed by atoms with van der Waals surface area (Å²) in [5, 5.41) is 3.49. The summed E-state index contributed by atoms with van der Waals surface area (Å²) < 4.78 is 19.4. The second-order valence-electron chi connectivity index (χ2n) is 5.42. The maximum atomic E-state index is 13.4. The van der Waals surface area contributed by atoms with Crippen LogP contribution < -0.4 is 5.32 Å². The molecule has 2 atom stereocenters. The molecule has 19 heavy (non-hydrogen) atoms. The molecule has 2 aliphatic rings. The van der Waals surface area contributed by atoms with E-state index < -0.39 is 0 Å². The van der Waals surface area contributed by atoms with E-state index in [4.69, 9.17) is 4.74 Å². The van der Waals surface area contributed by atoms with Crippen molar-refractivity contribution in [1.29, 1.82) is 0 Å². The molecule has 0 spiro atoms. The monoisotopic (exact) mass is 261 g/mol. The van der Waals surface area contributed by atoms with Crippen molar-refractivity contribution in [2.75, 3.05) is 13.2 Å². The Morgan fingerprint density at radius 2 is 2.21 bits per heavy atom. The summed E-state index contributed by atoms with van der Waals surface area (Å²) in [6.07, 6.45) is 4.13. The highest BCUT2D eigenvalue weighted by Gasteiger charge is 2.29. The SMILES string of the molecule is C=C1c2ccc(F)cc2CCCO[C@@H]1[C@H]1CCCN1. The predicted molar refractivity (Wildman–Crippen MR) is 74.5 cm³/mol. The zero-order valence-corrected chi connectivity index (χ0v) is 11.1. The van der Waals surface area contributed by atoms with Gasteiger partial charge in [0.15, 0.2) is 0 Å². The number of ether oxygens (including phenoxy) is 1. The van der Waals surface area contributed by atoms with Gasteiger partial charge in [-0.15, -0.1) is 0 Å². The van der Waals surface area contributed by atoms with Gasteiger partial charge in [0.2, 0.25) is 0 Å². The van der Waals surface area contributed by atoms with Gasteiger partial charge in [-0.3, -0.25) is 0 Å². The van der Waals surface area contributed by atoms with Gasteiger partial charge in [-0.05, 0) is 61.1 Å². The molecule has 0 aromatic heterocycles. The van der Waals surface area contributed by atoms with E-state index in [1.807, 2.05) is 6.07 Å². The number of hydrogen-bond acceptors (Lipinski definition) is 2. The second-order valence-corrected chi connectivity index (χ2v) is 5.42. The first-order chi connectivity index (χ1) is 9.25. The molecule has 0 amide bonds. The second kappa shape index (κ2) is 5.43. The molecule has 0 saturated carbocycles. The van der Waals surface area contributed by atoms with E-state index in [9.17, 15) is 4.39 Å². The average Bonchev–Trinajstić information content (AvgIpc) is 2.90. The Kier molecular flexibility index (Phi) is 3.67. The van der Waals surface area contributed by atoms with Gasteiger partial charge in [0.25, 0.3) is 0 Å². The Morgan fingerprint density at radius 3 is 3.00 bits per heavy atom. The zero-order valence-electron chi connectivity index (χ0n) is 11.1. The van der Waals surface area contributed by atoms with Crippen molar-refractivity contribution in [2.24, 2.45) is 0 Å². The van der Waals surface area contributed by atoms with E-state index in [0.29, 0.717) is 6.04 Å². The van der Waals surface area contributed by atoms with Crippen molar-refractivity contribution < 1.29 is 9.13 Å². The van der Waals surface area contributed by atoms with Crippen molar-refractivity contribution >= 4 is 5.57 Å². The fraction of sp³-hybridized carbons (Fsp3) is 0.500. The first-order valence-electron chi connectivity index (χ1n) is 7.08. The Morgan fingerprint density at radius 1 is 1.32 bits per heavy atom. The molecule has 0 bridgehead atoms. The summed E-state index contributed by atoms with van der Waals surface area (Å²) in [7, 11) is 0. The van der Waals surface area contributed by atoms with Gasteiger partial charge >= 0.3 is 0 Å². The van der Waals surface area contributed by atoms with E-state index >= 15 is 0 Å². The van der Waals surface area contributed by atoms with Crippen LogP contribution in [-0.2, 0) is 11.2 Å². The van der Waals surface area contributed by atoms with Crippen LogP contribution in [0.1, 0.15) is 30.4 Å². The van der Waals surface area contributed by atoms with Crippen LogP contribution in [0.5, 0.6) is 0 Å². The number of halogens is 1. The largest absolute Gasteiger partial charge is 0.372 e. The van der Waals surface area contributed by atoms with Crippen molar-refractivity contribution in [3.8, 4) is 0 Å². The average molecular weight is 261 g/mol. The van der Waals surface area contributed by atoms with Crippen LogP contribution in [0.25, 0.3) is 5.57 Å². The van der Waals surface area contributed by atoms with E-state index in [0.717, 1.165) is 49.1 Å². The summed E-state index contributed by atoms with van der Waals surface area (Å²) in [4.78, 5) is 0. The Hall–Kier alpha value is -1.19. The van der Waals surface area contributed by atoms with Crippen molar-refractivity contribution in [1.82, 2.24) is 5.32 Å². The number of nitrogens with one attached hydrogen (secondary N) is 1. The molecule has 2 nitrogen and oxygen atoms in total. The first-order valence-corrected chi connectivity index (χ1v) is 7.08. The highest BCUT2D eigenvalue weighted by Crippen LogP contribution is 2.30. The summed E-state index contributed by atoms with van der Waals surface area (Å²) in [6.45, 7) is 6.00. The van der Waals surface area contributed by atoms with Gasteiger partial charge in [0.1, 0.15) is 5.82 Å². The fourth-order valence-corrected chi connectivity index (χ4v) is 3.14. The smallest absolute Gasteiger partial charge is 0.123 e. The molecule has 2 heterocycles. The highest BCUT2D eigenvalue weighted by molar-refractivity contribution is 5.70. The predicted octanol–water partition coefficient (Wildman–Crippen LogP) is 2.92. The van der Waals surface area contributed by atoms with Crippen molar-refractivity contribution in [3.63, 3.8) is 0 Å². The molecule has 3 rings (SSSR count). The lowest BCUT2D eigenvalue weighted by Gasteiger charge is -2.29. The van der Waals surface area contributed by atoms with Crippen molar-refractivity contribution in [2.45, 2.75) is 37.8 Å². The molecular weight excluding hydrogens is 241 g/mol. The van der Waals surface area contributed by atoms with E-state index in [-0.39, 0.29) is 11.9 Å². The van der Waals surface area contributed by atoms with E-state index in [2.05, 4.69) is 11.9 Å². The lowest BCUT2D eigenvalue weighted by molar-refractivity contribution is 0.0664. The maximum absolute atomic E-state index is 13.4. The van der Waals surface area contributed by atoms with E-state index in [1.165, 1.54) is 12.5 Å². The third-order valence-electron chi connectivity index (χ3n) is 4.11. The quantitative estimate of drug-likeness (QED) is 0.839. The molecule has 0 radical (unpaired) electrons. The van der Waals surface area contributed by atoms with Crippen LogP contribution >= 0.6 is 0 Å². The minimum absolute atomic E-state index is 0.0204. The summed E-state index contributed by atoms with van der Waals surface area (Å²) in [5.74, 6) is -0.163. The molecule has 1 N–H and O–H groups in total. The van der Waals surface area contributed by atoms with Crippen LogP contribution in [0.4, 0.5) is 4.39 Å². The molecule has 3 heteroatoms. The normalized spacial score (nSPS) is 27.7. The van der Waals surface area contributed by atoms with Gasteiger partial charge in [-0.2, -0.15) is 0 Å². The Labute approximate surface area is 113 Å². The van der Waals surface area contributed by atoms with Gasteiger partial charge in [0.05, 0.1) is 6.10 Å². The number of aryl methyl sites for hydroxylation is 1. The van der Waals surface area contributed by atoms with Crippen LogP contribution in [0.2, 0.25) is 0 Å². The van der Waals surface area contributed by atoms with Gasteiger partial charge in [-0.1, -0.05) is 12.6 Å². The Balaban J connectivity index is 1.93. The number of benzene rings is 1. The topological polar surface area (TPSA) is 21.3 Å².